The maximum Gasteiger partial charge on any atom is 0.237 e. The molecule has 0 spiro atoms. The highest BCUT2D eigenvalue weighted by molar-refractivity contribution is 7.90. The van der Waals surface area contributed by atoms with Gasteiger partial charge in [0.2, 0.25) is 15.9 Å². The van der Waals surface area contributed by atoms with Gasteiger partial charge in [-0.25, -0.2) is 8.42 Å². The fourth-order valence-corrected chi connectivity index (χ4v) is 2.79. The maximum absolute atomic E-state index is 11.5. The standard InChI is InChI=1S/C11H14N2O3S/c12-9-3-1-8(2-4-9)7-11(14)13-17(15,16)10-5-6-10/h1-4,10H,5-7,12H2,(H,13,14). The Bertz CT molecular complexity index is 518. The summed E-state index contributed by atoms with van der Waals surface area (Å²) in [5.41, 5.74) is 6.86. The molecule has 1 amide bonds. The van der Waals surface area contributed by atoms with Crippen LogP contribution in [0.2, 0.25) is 0 Å². The number of rotatable bonds is 4. The topological polar surface area (TPSA) is 89.3 Å². The third kappa shape index (κ3) is 3.20. The zero-order valence-electron chi connectivity index (χ0n) is 9.22. The summed E-state index contributed by atoms with van der Waals surface area (Å²) in [5, 5.41) is -0.377. The molecule has 5 nitrogen and oxygen atoms in total. The second-order valence-electron chi connectivity index (χ2n) is 4.19. The van der Waals surface area contributed by atoms with Crippen molar-refractivity contribution in [3.63, 3.8) is 0 Å². The van der Waals surface area contributed by atoms with E-state index >= 15 is 0 Å². The molecule has 1 aromatic carbocycles. The van der Waals surface area contributed by atoms with Gasteiger partial charge in [0.25, 0.3) is 0 Å². The van der Waals surface area contributed by atoms with Crippen molar-refractivity contribution in [1.29, 1.82) is 0 Å². The minimum Gasteiger partial charge on any atom is -0.399 e. The molecule has 1 aliphatic carbocycles. The Morgan fingerprint density at radius 2 is 1.88 bits per heavy atom. The first kappa shape index (κ1) is 11.9. The Labute approximate surface area is 100 Å². The van der Waals surface area contributed by atoms with Crippen LogP contribution in [0.25, 0.3) is 0 Å². The number of nitrogen functional groups attached to an aromatic ring is 1. The lowest BCUT2D eigenvalue weighted by Crippen LogP contribution is -2.34. The summed E-state index contributed by atoms with van der Waals surface area (Å²) in [4.78, 5) is 11.5. The third-order valence-electron chi connectivity index (χ3n) is 2.56. The molecule has 0 radical (unpaired) electrons. The van der Waals surface area contributed by atoms with E-state index in [9.17, 15) is 13.2 Å². The van der Waals surface area contributed by atoms with Crippen LogP contribution in [0.5, 0.6) is 0 Å². The molecule has 0 bridgehead atoms. The highest BCUT2D eigenvalue weighted by atomic mass is 32.2. The largest absolute Gasteiger partial charge is 0.399 e. The van der Waals surface area contributed by atoms with Crippen LogP contribution in [-0.2, 0) is 21.2 Å². The highest BCUT2D eigenvalue weighted by Crippen LogP contribution is 2.27. The number of carbonyl (C=O) groups is 1. The number of carbonyl (C=O) groups excluding carboxylic acids is 1. The van der Waals surface area contributed by atoms with E-state index in [0.717, 1.165) is 5.56 Å². The SMILES string of the molecule is Nc1ccc(CC(=O)NS(=O)(=O)C2CC2)cc1. The quantitative estimate of drug-likeness (QED) is 0.762. The van der Waals surface area contributed by atoms with Gasteiger partial charge in [0.1, 0.15) is 0 Å². The Kier molecular flexibility index (Phi) is 3.06. The van der Waals surface area contributed by atoms with Crippen LogP contribution in [0.3, 0.4) is 0 Å². The lowest BCUT2D eigenvalue weighted by atomic mass is 10.1. The van der Waals surface area contributed by atoms with Crippen molar-refractivity contribution in [3.8, 4) is 0 Å². The second-order valence-corrected chi connectivity index (χ2v) is 6.15. The summed E-state index contributed by atoms with van der Waals surface area (Å²) in [5.74, 6) is -0.498. The number of benzene rings is 1. The number of anilines is 1. The second kappa shape index (κ2) is 4.37. The summed E-state index contributed by atoms with van der Waals surface area (Å²) in [7, 11) is -3.44. The number of amides is 1. The zero-order valence-corrected chi connectivity index (χ0v) is 10.0. The monoisotopic (exact) mass is 254 g/mol. The zero-order chi connectivity index (χ0) is 12.5. The molecule has 1 aliphatic rings. The summed E-state index contributed by atoms with van der Waals surface area (Å²) in [6.07, 6.45) is 1.33. The molecule has 1 saturated carbocycles. The van der Waals surface area contributed by atoms with Gasteiger partial charge in [0.15, 0.2) is 0 Å². The van der Waals surface area contributed by atoms with Gasteiger partial charge in [0, 0.05) is 5.69 Å². The molecule has 3 N–H and O–H groups in total. The van der Waals surface area contributed by atoms with E-state index in [-0.39, 0.29) is 11.7 Å². The molecule has 0 heterocycles. The van der Waals surface area contributed by atoms with Crippen LogP contribution in [-0.4, -0.2) is 19.6 Å². The first-order valence-corrected chi connectivity index (χ1v) is 6.91. The summed E-state index contributed by atoms with van der Waals surface area (Å²) in [6.45, 7) is 0. The molecule has 0 aliphatic heterocycles. The van der Waals surface area contributed by atoms with Crippen molar-refractivity contribution in [2.24, 2.45) is 0 Å². The van der Waals surface area contributed by atoms with E-state index in [4.69, 9.17) is 5.73 Å². The van der Waals surface area contributed by atoms with Gasteiger partial charge < -0.3 is 5.73 Å². The third-order valence-corrected chi connectivity index (χ3v) is 4.42. The molecular formula is C11H14N2O3S. The summed E-state index contributed by atoms with van der Waals surface area (Å²) >= 11 is 0. The van der Waals surface area contributed by atoms with Crippen molar-refractivity contribution >= 4 is 21.6 Å². The van der Waals surface area contributed by atoms with Gasteiger partial charge >= 0.3 is 0 Å². The number of nitrogens with two attached hydrogens (primary N) is 1. The van der Waals surface area contributed by atoms with Crippen LogP contribution in [0.4, 0.5) is 5.69 Å². The van der Waals surface area contributed by atoms with Gasteiger partial charge in [-0.05, 0) is 30.5 Å². The predicted molar refractivity (Wildman–Crippen MR) is 64.6 cm³/mol. The minimum absolute atomic E-state index is 0.0478. The van der Waals surface area contributed by atoms with Crippen LogP contribution in [0.1, 0.15) is 18.4 Å². The molecule has 0 unspecified atom stereocenters. The predicted octanol–water partition coefficient (Wildman–Crippen LogP) is 0.420. The molecule has 17 heavy (non-hydrogen) atoms. The summed E-state index contributed by atoms with van der Waals surface area (Å²) in [6, 6.07) is 6.77. The normalized spacial score (nSPS) is 15.5. The van der Waals surface area contributed by atoms with Gasteiger partial charge in [-0.1, -0.05) is 12.1 Å². The summed E-state index contributed by atoms with van der Waals surface area (Å²) < 4.78 is 25.1. The highest BCUT2D eigenvalue weighted by Gasteiger charge is 2.36. The molecule has 0 saturated heterocycles. The first-order chi connectivity index (χ1) is 7.97. The van der Waals surface area contributed by atoms with Crippen molar-refractivity contribution in [1.82, 2.24) is 4.72 Å². The molecule has 1 aromatic rings. The van der Waals surface area contributed by atoms with Crippen molar-refractivity contribution in [2.75, 3.05) is 5.73 Å². The average Bonchev–Trinajstić information content (AvgIpc) is 3.04. The number of hydrogen-bond acceptors (Lipinski definition) is 4. The van der Waals surface area contributed by atoms with E-state index in [1.165, 1.54) is 0 Å². The van der Waals surface area contributed by atoms with Crippen molar-refractivity contribution in [2.45, 2.75) is 24.5 Å². The Morgan fingerprint density at radius 1 is 1.29 bits per heavy atom. The lowest BCUT2D eigenvalue weighted by molar-refractivity contribution is -0.118. The van der Waals surface area contributed by atoms with E-state index in [2.05, 4.69) is 4.72 Å². The molecule has 0 atom stereocenters. The smallest absolute Gasteiger partial charge is 0.237 e. The number of hydrogen-bond donors (Lipinski definition) is 2. The molecule has 1 fully saturated rings. The van der Waals surface area contributed by atoms with Crippen molar-refractivity contribution < 1.29 is 13.2 Å². The van der Waals surface area contributed by atoms with E-state index < -0.39 is 15.9 Å². The molecule has 2 rings (SSSR count). The lowest BCUT2D eigenvalue weighted by Gasteiger charge is -2.05. The minimum atomic E-state index is -3.44. The van der Waals surface area contributed by atoms with Gasteiger partial charge in [-0.15, -0.1) is 0 Å². The Morgan fingerprint density at radius 3 is 2.41 bits per heavy atom. The van der Waals surface area contributed by atoms with E-state index in [1.54, 1.807) is 24.3 Å². The van der Waals surface area contributed by atoms with Gasteiger partial charge in [0.05, 0.1) is 11.7 Å². The number of nitrogens with one attached hydrogen (secondary N) is 1. The molecule has 92 valence electrons. The van der Waals surface area contributed by atoms with Crippen LogP contribution in [0.15, 0.2) is 24.3 Å². The van der Waals surface area contributed by atoms with E-state index in [1.807, 2.05) is 0 Å². The maximum atomic E-state index is 11.5. The first-order valence-electron chi connectivity index (χ1n) is 5.36. The molecular weight excluding hydrogens is 240 g/mol. The fraction of sp³-hybridized carbons (Fsp3) is 0.364. The fourth-order valence-electron chi connectivity index (χ4n) is 1.48. The number of sulfonamides is 1. The van der Waals surface area contributed by atoms with Crippen molar-refractivity contribution in [3.05, 3.63) is 29.8 Å². The van der Waals surface area contributed by atoms with Crippen LogP contribution >= 0.6 is 0 Å². The average molecular weight is 254 g/mol. The molecule has 0 aromatic heterocycles. The van der Waals surface area contributed by atoms with Gasteiger partial charge in [-0.3, -0.25) is 9.52 Å². The molecule has 6 heteroatoms. The van der Waals surface area contributed by atoms with Crippen LogP contribution in [0, 0.1) is 0 Å². The van der Waals surface area contributed by atoms with E-state index in [0.29, 0.717) is 18.5 Å². The Balaban J connectivity index is 1.95. The van der Waals surface area contributed by atoms with Gasteiger partial charge in [-0.2, -0.15) is 0 Å². The Hall–Kier alpha value is -1.56. The van der Waals surface area contributed by atoms with Crippen LogP contribution < -0.4 is 10.5 Å².